The molecule has 2 aromatic carbocycles. The Morgan fingerprint density at radius 2 is 1.33 bits per heavy atom. The van der Waals surface area contributed by atoms with Crippen LogP contribution >= 0.6 is 0 Å². The number of hydrogen-bond donors (Lipinski definition) is 1. The van der Waals surface area contributed by atoms with Crippen molar-refractivity contribution in [3.05, 3.63) is 116 Å². The van der Waals surface area contributed by atoms with E-state index in [4.69, 9.17) is 0 Å². The molecule has 236 valence electrons. The number of nitrogens with one attached hydrogen (secondary N) is 1. The molecule has 0 unspecified atom stereocenters. The van der Waals surface area contributed by atoms with Gasteiger partial charge >= 0.3 is 0 Å². The molecule has 4 aliphatic carbocycles. The zero-order valence-corrected chi connectivity index (χ0v) is 27.0. The van der Waals surface area contributed by atoms with Gasteiger partial charge in [-0.25, -0.2) is 18.1 Å². The van der Waals surface area contributed by atoms with Crippen molar-refractivity contribution in [1.29, 1.82) is 0 Å². The van der Waals surface area contributed by atoms with Crippen molar-refractivity contribution in [2.75, 3.05) is 0 Å². The second kappa shape index (κ2) is 9.54. The molecule has 2 saturated carbocycles. The van der Waals surface area contributed by atoms with Gasteiger partial charge in [0.1, 0.15) is 23.0 Å². The number of benzene rings is 2. The summed E-state index contributed by atoms with van der Waals surface area (Å²) in [6.45, 7) is 17.8. The molecule has 4 bridgehead atoms. The summed E-state index contributed by atoms with van der Waals surface area (Å²) in [6.07, 6.45) is 5.99. The smallest absolute Gasteiger partial charge is 0.275 e. The maximum atomic E-state index is 14.4. The summed E-state index contributed by atoms with van der Waals surface area (Å²) < 4.78 is 33.2. The van der Waals surface area contributed by atoms with Crippen LogP contribution in [0.3, 0.4) is 0 Å². The van der Waals surface area contributed by atoms with Gasteiger partial charge in [-0.2, -0.15) is 0 Å². The number of hydrogen-bond acceptors (Lipinski definition) is 2. The normalized spacial score (nSPS) is 27.6. The number of allylic oxidation sites excluding steroid dienone is 1. The molecular weight excluding hydrogens is 570 g/mol. The van der Waals surface area contributed by atoms with Crippen LogP contribution in [0.15, 0.2) is 70.8 Å². The number of fused-ring (bicyclic) bond motifs is 10. The quantitative estimate of drug-likeness (QED) is 0.241. The lowest BCUT2D eigenvalue weighted by Crippen LogP contribution is -2.36. The first-order chi connectivity index (χ1) is 21.2. The Labute approximate surface area is 262 Å². The maximum absolute atomic E-state index is 14.4. The minimum absolute atomic E-state index is 0.0251. The van der Waals surface area contributed by atoms with Gasteiger partial charge in [-0.05, 0) is 72.6 Å². The Morgan fingerprint density at radius 1 is 0.800 bits per heavy atom. The van der Waals surface area contributed by atoms with Crippen LogP contribution < -0.4 is 11.1 Å². The molecule has 6 nitrogen and oxygen atoms in total. The predicted molar refractivity (Wildman–Crippen MR) is 173 cm³/mol. The summed E-state index contributed by atoms with van der Waals surface area (Å²) in [5.41, 5.74) is 4.36. The first-order valence-corrected chi connectivity index (χ1v) is 16.0. The summed E-state index contributed by atoms with van der Waals surface area (Å²) in [4.78, 5) is 26.1. The van der Waals surface area contributed by atoms with Gasteiger partial charge in [0.05, 0.1) is 12.2 Å². The van der Waals surface area contributed by atoms with Gasteiger partial charge in [0.15, 0.2) is 0 Å². The Hall–Kier alpha value is -3.94. The van der Waals surface area contributed by atoms with Crippen LogP contribution in [-0.4, -0.2) is 19.1 Å². The molecule has 0 spiro atoms. The van der Waals surface area contributed by atoms with Gasteiger partial charge in [0.25, 0.3) is 11.1 Å². The van der Waals surface area contributed by atoms with E-state index < -0.39 is 0 Å². The third-order valence-electron chi connectivity index (χ3n) is 12.8. The molecule has 45 heavy (non-hydrogen) atoms. The third kappa shape index (κ3) is 3.59. The minimum atomic E-state index is -0.378. The Kier molecular flexibility index (Phi) is 6.30. The van der Waals surface area contributed by atoms with Crippen LogP contribution in [0.4, 0.5) is 8.78 Å². The molecule has 0 saturated heterocycles. The fourth-order valence-electron chi connectivity index (χ4n) is 9.50. The lowest BCUT2D eigenvalue weighted by Gasteiger charge is -2.36. The van der Waals surface area contributed by atoms with Crippen LogP contribution in [-0.2, 0) is 17.4 Å². The van der Waals surface area contributed by atoms with Crippen molar-refractivity contribution in [1.82, 2.24) is 19.1 Å². The molecule has 4 aromatic rings. The first-order valence-electron chi connectivity index (χ1n) is 16.0. The fourth-order valence-corrected chi connectivity index (χ4v) is 9.50. The molecule has 0 aliphatic heterocycles. The monoisotopic (exact) mass is 612 g/mol. The summed E-state index contributed by atoms with van der Waals surface area (Å²) in [6, 6.07) is 12.9. The minimum Gasteiger partial charge on any atom is -0.294 e. The van der Waals surface area contributed by atoms with Crippen LogP contribution in [0.1, 0.15) is 102 Å². The zero-order chi connectivity index (χ0) is 32.3. The van der Waals surface area contributed by atoms with Crippen molar-refractivity contribution in [2.24, 2.45) is 10.8 Å². The predicted octanol–water partition coefficient (Wildman–Crippen LogP) is 7.62. The van der Waals surface area contributed by atoms with E-state index in [0.717, 1.165) is 48.2 Å². The van der Waals surface area contributed by atoms with Gasteiger partial charge in [0, 0.05) is 27.7 Å². The van der Waals surface area contributed by atoms with E-state index in [1.165, 1.54) is 21.5 Å². The van der Waals surface area contributed by atoms with Crippen LogP contribution in [0.5, 0.6) is 0 Å². The Bertz CT molecular complexity index is 1990. The number of halogens is 2. The van der Waals surface area contributed by atoms with Gasteiger partial charge in [-0.3, -0.25) is 19.4 Å². The van der Waals surface area contributed by atoms with Gasteiger partial charge in [-0.15, -0.1) is 6.58 Å². The molecule has 2 fully saturated rings. The van der Waals surface area contributed by atoms with Crippen molar-refractivity contribution in [2.45, 2.75) is 96.4 Å². The molecular formula is C37H42F2N4O2. The topological polar surface area (TPSA) is 64.7 Å². The molecule has 8 rings (SSSR count). The number of aromatic nitrogens is 4. The van der Waals surface area contributed by atoms with E-state index in [1.807, 2.05) is 4.68 Å². The zero-order valence-electron chi connectivity index (χ0n) is 27.0. The van der Waals surface area contributed by atoms with E-state index in [0.29, 0.717) is 17.9 Å². The molecule has 0 amide bonds. The third-order valence-corrected chi connectivity index (χ3v) is 12.8. The summed E-state index contributed by atoms with van der Waals surface area (Å²) in [7, 11) is 0. The summed E-state index contributed by atoms with van der Waals surface area (Å²) in [5, 5.41) is 3.21. The SMILES string of the molecule is C=CCn1c2c(c(=O)n1-c1ccccc1F)[C@H]1CC[C@]2(C)C1(C)C.CC1(C)[C@@H]2CC[C@@]1(C)c1[nH]n(-c3ccccc3F)c(=O)c12. The fraction of sp³-hybridized carbons (Fsp3) is 0.459. The van der Waals surface area contributed by atoms with Crippen LogP contribution in [0, 0.1) is 22.5 Å². The Morgan fingerprint density at radius 3 is 1.91 bits per heavy atom. The molecule has 4 aliphatic rings. The average molecular weight is 613 g/mol. The van der Waals surface area contributed by atoms with Crippen molar-refractivity contribution in [3.8, 4) is 11.4 Å². The molecule has 0 radical (unpaired) electrons. The Balaban J connectivity index is 0.000000146. The largest absolute Gasteiger partial charge is 0.294 e. The highest BCUT2D eigenvalue weighted by atomic mass is 19.1. The van der Waals surface area contributed by atoms with Gasteiger partial charge in [-0.1, -0.05) is 71.9 Å². The van der Waals surface area contributed by atoms with E-state index in [-0.39, 0.29) is 56.2 Å². The number of para-hydroxylation sites is 2. The highest BCUT2D eigenvalue weighted by Gasteiger charge is 2.63. The summed E-state index contributed by atoms with van der Waals surface area (Å²) >= 11 is 0. The number of H-pyrrole nitrogens is 1. The van der Waals surface area contributed by atoms with E-state index in [9.17, 15) is 18.4 Å². The lowest BCUT2D eigenvalue weighted by atomic mass is 9.70. The van der Waals surface area contributed by atoms with Crippen LogP contribution in [0.25, 0.3) is 11.4 Å². The van der Waals surface area contributed by atoms with E-state index in [2.05, 4.69) is 53.2 Å². The molecule has 2 heterocycles. The highest BCUT2D eigenvalue weighted by Crippen LogP contribution is 2.67. The average Bonchev–Trinajstić information content (AvgIpc) is 3.71. The maximum Gasteiger partial charge on any atom is 0.275 e. The molecule has 8 heteroatoms. The second-order valence-electron chi connectivity index (χ2n) is 15.0. The van der Waals surface area contributed by atoms with Crippen molar-refractivity contribution < 1.29 is 8.78 Å². The van der Waals surface area contributed by atoms with Crippen molar-refractivity contribution >= 4 is 0 Å². The number of rotatable bonds is 4. The molecule has 1 N–H and O–H groups in total. The second-order valence-corrected chi connectivity index (χ2v) is 15.0. The molecule has 4 atom stereocenters. The lowest BCUT2D eigenvalue weighted by molar-refractivity contribution is 0.216. The van der Waals surface area contributed by atoms with E-state index >= 15 is 0 Å². The number of nitrogens with zero attached hydrogens (tertiary/aromatic N) is 3. The molecule has 2 aromatic heterocycles. The first kappa shape index (κ1) is 29.8. The summed E-state index contributed by atoms with van der Waals surface area (Å²) in [5.74, 6) is -0.238. The van der Waals surface area contributed by atoms with Gasteiger partial charge in [0.2, 0.25) is 0 Å². The number of aromatic amines is 1. The van der Waals surface area contributed by atoms with Gasteiger partial charge < -0.3 is 0 Å². The van der Waals surface area contributed by atoms with E-state index in [1.54, 1.807) is 42.5 Å². The highest BCUT2D eigenvalue weighted by molar-refractivity contribution is 5.48. The van der Waals surface area contributed by atoms with Crippen molar-refractivity contribution in [3.63, 3.8) is 0 Å². The standard InChI is InChI=1S/C20H23FN2O.C17H19FN2O/c1-5-12-22-17-16(13-10-11-20(17,4)19(13,2)3)18(24)23(22)15-9-7-6-8-14(15)21;1-16(2)10-8-9-17(16,3)14-13(10)15(21)20(19-14)12-7-5-4-6-11(12)18/h5-9,13H,1,10-12H2,2-4H3;4-7,10,19H,8-9H2,1-3H3/t13-,20+;10-,17+/m11/s1. The van der Waals surface area contributed by atoms with Crippen LogP contribution in [0.2, 0.25) is 0 Å².